The van der Waals surface area contributed by atoms with Crippen LogP contribution in [0.25, 0.3) is 11.4 Å². The first kappa shape index (κ1) is 12.4. The number of rotatable bonds is 6. The van der Waals surface area contributed by atoms with Gasteiger partial charge in [-0.1, -0.05) is 37.3 Å². The Morgan fingerprint density at radius 2 is 2.06 bits per heavy atom. The minimum atomic E-state index is 0.276. The van der Waals surface area contributed by atoms with Gasteiger partial charge in [-0.15, -0.1) is 10.2 Å². The molecular formula is C13H16N4O. The van der Waals surface area contributed by atoms with Gasteiger partial charge in [0.15, 0.2) is 0 Å². The van der Waals surface area contributed by atoms with Crippen LogP contribution in [0.4, 0.5) is 0 Å². The molecule has 0 bridgehead atoms. The summed E-state index contributed by atoms with van der Waals surface area (Å²) in [7, 11) is 0. The molecule has 0 aliphatic carbocycles. The van der Waals surface area contributed by atoms with E-state index in [-0.39, 0.29) is 5.78 Å². The zero-order valence-electron chi connectivity index (χ0n) is 10.4. The van der Waals surface area contributed by atoms with Crippen LogP contribution >= 0.6 is 0 Å². The van der Waals surface area contributed by atoms with Crippen molar-refractivity contribution in [3.8, 4) is 11.4 Å². The van der Waals surface area contributed by atoms with Crippen molar-refractivity contribution in [1.82, 2.24) is 20.2 Å². The highest BCUT2D eigenvalue weighted by molar-refractivity contribution is 5.77. The molecule has 2 rings (SSSR count). The summed E-state index contributed by atoms with van der Waals surface area (Å²) in [5.41, 5.74) is 0.952. The smallest absolute Gasteiger partial charge is 0.204 e. The lowest BCUT2D eigenvalue weighted by Gasteiger charge is -1.97. The highest BCUT2D eigenvalue weighted by atomic mass is 16.1. The number of carbonyl (C=O) groups is 1. The molecule has 2 aromatic rings. The average Bonchev–Trinajstić information content (AvgIpc) is 2.88. The molecule has 5 heteroatoms. The lowest BCUT2D eigenvalue weighted by Crippen LogP contribution is -2.05. The third-order valence-corrected chi connectivity index (χ3v) is 2.69. The second kappa shape index (κ2) is 6.05. The molecule has 0 spiro atoms. The molecule has 0 radical (unpaired) electrons. The van der Waals surface area contributed by atoms with Crippen LogP contribution in [0.2, 0.25) is 0 Å². The number of ketones is 1. The maximum absolute atomic E-state index is 11.2. The molecule has 0 N–H and O–H groups in total. The number of aromatic nitrogens is 4. The van der Waals surface area contributed by atoms with E-state index in [4.69, 9.17) is 0 Å². The van der Waals surface area contributed by atoms with Crippen molar-refractivity contribution in [2.45, 2.75) is 32.7 Å². The van der Waals surface area contributed by atoms with Crippen LogP contribution in [-0.2, 0) is 11.3 Å². The van der Waals surface area contributed by atoms with Gasteiger partial charge in [0, 0.05) is 18.4 Å². The van der Waals surface area contributed by atoms with Gasteiger partial charge in [0.1, 0.15) is 5.78 Å². The van der Waals surface area contributed by atoms with Crippen molar-refractivity contribution in [2.75, 3.05) is 0 Å². The van der Waals surface area contributed by atoms with E-state index in [1.807, 2.05) is 37.3 Å². The van der Waals surface area contributed by atoms with Crippen molar-refractivity contribution in [2.24, 2.45) is 0 Å². The SMILES string of the molecule is CCC(=O)CCCn1nnc(-c2ccccc2)n1. The van der Waals surface area contributed by atoms with E-state index in [0.717, 1.165) is 12.0 Å². The van der Waals surface area contributed by atoms with E-state index in [1.165, 1.54) is 0 Å². The Balaban J connectivity index is 1.93. The number of hydrogen-bond acceptors (Lipinski definition) is 4. The van der Waals surface area contributed by atoms with E-state index in [0.29, 0.717) is 25.2 Å². The van der Waals surface area contributed by atoms with Gasteiger partial charge in [-0.3, -0.25) is 4.79 Å². The van der Waals surface area contributed by atoms with Gasteiger partial charge in [0.05, 0.1) is 6.54 Å². The predicted molar refractivity (Wildman–Crippen MR) is 67.8 cm³/mol. The summed E-state index contributed by atoms with van der Waals surface area (Å²) < 4.78 is 0. The number of carbonyl (C=O) groups excluding carboxylic acids is 1. The van der Waals surface area contributed by atoms with Crippen molar-refractivity contribution >= 4 is 5.78 Å². The van der Waals surface area contributed by atoms with Gasteiger partial charge in [-0.2, -0.15) is 4.80 Å². The van der Waals surface area contributed by atoms with Gasteiger partial charge in [0.2, 0.25) is 5.82 Å². The summed E-state index contributed by atoms with van der Waals surface area (Å²) in [5.74, 6) is 0.899. The number of tetrazole rings is 1. The van der Waals surface area contributed by atoms with E-state index >= 15 is 0 Å². The molecule has 0 aliphatic rings. The first-order chi connectivity index (χ1) is 8.79. The summed E-state index contributed by atoms with van der Waals surface area (Å²) in [4.78, 5) is 12.7. The normalized spacial score (nSPS) is 10.5. The molecule has 1 heterocycles. The van der Waals surface area contributed by atoms with E-state index < -0.39 is 0 Å². The molecule has 5 nitrogen and oxygen atoms in total. The first-order valence-corrected chi connectivity index (χ1v) is 6.14. The molecule has 0 saturated carbocycles. The summed E-state index contributed by atoms with van der Waals surface area (Å²) in [5, 5.41) is 12.3. The second-order valence-corrected chi connectivity index (χ2v) is 4.07. The highest BCUT2D eigenvalue weighted by Crippen LogP contribution is 2.11. The monoisotopic (exact) mass is 244 g/mol. The Kier molecular flexibility index (Phi) is 4.17. The fourth-order valence-corrected chi connectivity index (χ4v) is 1.64. The minimum absolute atomic E-state index is 0.276. The summed E-state index contributed by atoms with van der Waals surface area (Å²) in [6, 6.07) is 9.72. The number of nitrogens with zero attached hydrogens (tertiary/aromatic N) is 4. The average molecular weight is 244 g/mol. The molecule has 0 fully saturated rings. The molecular weight excluding hydrogens is 228 g/mol. The van der Waals surface area contributed by atoms with Gasteiger partial charge in [-0.25, -0.2) is 0 Å². The van der Waals surface area contributed by atoms with E-state index in [2.05, 4.69) is 15.4 Å². The van der Waals surface area contributed by atoms with E-state index in [9.17, 15) is 4.79 Å². The van der Waals surface area contributed by atoms with Crippen LogP contribution in [0.1, 0.15) is 26.2 Å². The number of Topliss-reactive ketones (excluding diaryl/α,β-unsaturated/α-hetero) is 1. The number of benzene rings is 1. The molecule has 0 amide bonds. The Bertz CT molecular complexity index is 507. The standard InChI is InChI=1S/C13H16N4O/c1-2-12(18)9-6-10-17-15-13(14-16-17)11-7-4-3-5-8-11/h3-5,7-8H,2,6,9-10H2,1H3. The summed E-state index contributed by atoms with van der Waals surface area (Å²) >= 11 is 0. The predicted octanol–water partition coefficient (Wildman–Crippen LogP) is 2.10. The third kappa shape index (κ3) is 3.23. The van der Waals surface area contributed by atoms with Crippen molar-refractivity contribution < 1.29 is 4.79 Å². The molecule has 18 heavy (non-hydrogen) atoms. The molecule has 94 valence electrons. The van der Waals surface area contributed by atoms with Gasteiger partial charge in [0.25, 0.3) is 0 Å². The Morgan fingerprint density at radius 1 is 1.28 bits per heavy atom. The molecule has 0 saturated heterocycles. The Hall–Kier alpha value is -2.04. The van der Waals surface area contributed by atoms with E-state index in [1.54, 1.807) is 4.80 Å². The Labute approximate surface area is 106 Å². The van der Waals surface area contributed by atoms with Crippen LogP contribution in [0.3, 0.4) is 0 Å². The minimum Gasteiger partial charge on any atom is -0.300 e. The van der Waals surface area contributed by atoms with Crippen molar-refractivity contribution in [3.63, 3.8) is 0 Å². The second-order valence-electron chi connectivity index (χ2n) is 4.07. The lowest BCUT2D eigenvalue weighted by atomic mass is 10.2. The third-order valence-electron chi connectivity index (χ3n) is 2.69. The Morgan fingerprint density at radius 3 is 2.78 bits per heavy atom. The van der Waals surface area contributed by atoms with Crippen LogP contribution in [0.15, 0.2) is 30.3 Å². The topological polar surface area (TPSA) is 60.7 Å². The summed E-state index contributed by atoms with van der Waals surface area (Å²) in [6.45, 7) is 2.51. The van der Waals surface area contributed by atoms with Crippen molar-refractivity contribution in [3.05, 3.63) is 30.3 Å². The van der Waals surface area contributed by atoms with Gasteiger partial charge in [-0.05, 0) is 11.6 Å². The molecule has 1 aromatic heterocycles. The zero-order chi connectivity index (χ0) is 12.8. The highest BCUT2D eigenvalue weighted by Gasteiger charge is 2.05. The number of aryl methyl sites for hydroxylation is 1. The van der Waals surface area contributed by atoms with Crippen LogP contribution in [0, 0.1) is 0 Å². The van der Waals surface area contributed by atoms with Crippen LogP contribution in [0.5, 0.6) is 0 Å². The summed E-state index contributed by atoms with van der Waals surface area (Å²) in [6.07, 6.45) is 1.94. The molecule has 0 atom stereocenters. The largest absolute Gasteiger partial charge is 0.300 e. The van der Waals surface area contributed by atoms with Crippen LogP contribution < -0.4 is 0 Å². The fraction of sp³-hybridized carbons (Fsp3) is 0.385. The molecule has 0 aliphatic heterocycles. The lowest BCUT2D eigenvalue weighted by molar-refractivity contribution is -0.118. The van der Waals surface area contributed by atoms with Gasteiger partial charge >= 0.3 is 0 Å². The molecule has 0 unspecified atom stereocenters. The van der Waals surface area contributed by atoms with Crippen molar-refractivity contribution in [1.29, 1.82) is 0 Å². The maximum Gasteiger partial charge on any atom is 0.204 e. The quantitative estimate of drug-likeness (QED) is 0.780. The molecule has 1 aromatic carbocycles. The maximum atomic E-state index is 11.2. The van der Waals surface area contributed by atoms with Gasteiger partial charge < -0.3 is 0 Å². The number of hydrogen-bond donors (Lipinski definition) is 0. The fourth-order valence-electron chi connectivity index (χ4n) is 1.64. The zero-order valence-corrected chi connectivity index (χ0v) is 10.4. The van der Waals surface area contributed by atoms with Crippen LogP contribution in [-0.4, -0.2) is 26.0 Å². The first-order valence-electron chi connectivity index (χ1n) is 6.14.